The number of β-amino-alcohol motifs (C(OH)–C–C–N with tert-alkyl or cyclic N) is 1. The van der Waals surface area contributed by atoms with E-state index in [4.69, 9.17) is 4.74 Å². The number of hydrogen-bond donors (Lipinski definition) is 3. The Balaban J connectivity index is 1.72. The van der Waals surface area contributed by atoms with Gasteiger partial charge >= 0.3 is 6.09 Å². The molecule has 1 heterocycles. The maximum atomic E-state index is 11.5. The number of alkyl carbamates (subject to hydrolysis) is 1. The average molecular weight is 250 g/mol. The monoisotopic (exact) mass is 250 g/mol. The second-order valence-corrected chi connectivity index (χ2v) is 4.45. The first-order valence-electron chi connectivity index (χ1n) is 6.10. The molecule has 1 amide bonds. The van der Waals surface area contributed by atoms with Crippen molar-refractivity contribution >= 4 is 6.09 Å². The molecule has 2 atom stereocenters. The normalized spacial score (nSPS) is 23.4. The summed E-state index contributed by atoms with van der Waals surface area (Å²) in [7, 11) is 0. The van der Waals surface area contributed by atoms with Gasteiger partial charge in [-0.05, 0) is 12.0 Å². The molecule has 1 aromatic rings. The van der Waals surface area contributed by atoms with Gasteiger partial charge < -0.3 is 20.5 Å². The van der Waals surface area contributed by atoms with Crippen LogP contribution in [-0.4, -0.2) is 36.4 Å². The summed E-state index contributed by atoms with van der Waals surface area (Å²) in [5, 5.41) is 15.2. The summed E-state index contributed by atoms with van der Waals surface area (Å²) in [5.41, 5.74) is 0.953. The van der Waals surface area contributed by atoms with Gasteiger partial charge in [0, 0.05) is 19.1 Å². The van der Waals surface area contributed by atoms with Crippen molar-refractivity contribution in [1.82, 2.24) is 10.6 Å². The minimum atomic E-state index is -0.445. The fourth-order valence-corrected chi connectivity index (χ4v) is 1.96. The molecule has 1 aliphatic heterocycles. The van der Waals surface area contributed by atoms with Crippen LogP contribution in [0.25, 0.3) is 0 Å². The number of piperidine rings is 1. The van der Waals surface area contributed by atoms with Crippen molar-refractivity contribution in [2.75, 3.05) is 13.1 Å². The van der Waals surface area contributed by atoms with Crippen molar-refractivity contribution in [1.29, 1.82) is 0 Å². The fourth-order valence-electron chi connectivity index (χ4n) is 1.96. The van der Waals surface area contributed by atoms with Crippen LogP contribution >= 0.6 is 0 Å². The van der Waals surface area contributed by atoms with E-state index < -0.39 is 12.2 Å². The lowest BCUT2D eigenvalue weighted by atomic mass is 10.1. The maximum absolute atomic E-state index is 11.5. The van der Waals surface area contributed by atoms with Gasteiger partial charge in [0.1, 0.15) is 6.61 Å². The van der Waals surface area contributed by atoms with E-state index >= 15 is 0 Å². The molecule has 0 radical (unpaired) electrons. The topological polar surface area (TPSA) is 70.6 Å². The number of benzene rings is 1. The van der Waals surface area contributed by atoms with E-state index in [1.54, 1.807) is 0 Å². The van der Waals surface area contributed by atoms with E-state index in [-0.39, 0.29) is 12.6 Å². The molecule has 98 valence electrons. The molecular formula is C13H18N2O3. The Bertz CT molecular complexity index is 383. The second-order valence-electron chi connectivity index (χ2n) is 4.45. The average Bonchev–Trinajstić information content (AvgIpc) is 2.38. The molecule has 3 N–H and O–H groups in total. The van der Waals surface area contributed by atoms with Crippen molar-refractivity contribution < 1.29 is 14.6 Å². The summed E-state index contributed by atoms with van der Waals surface area (Å²) in [6.07, 6.45) is -0.286. The zero-order chi connectivity index (χ0) is 12.8. The van der Waals surface area contributed by atoms with Crippen LogP contribution in [0.2, 0.25) is 0 Å². The number of carbonyl (C=O) groups excluding carboxylic acids is 1. The summed E-state index contributed by atoms with van der Waals surface area (Å²) < 4.78 is 5.11. The van der Waals surface area contributed by atoms with Crippen LogP contribution in [0.4, 0.5) is 4.79 Å². The van der Waals surface area contributed by atoms with Crippen LogP contribution in [0.1, 0.15) is 12.0 Å². The standard InChI is InChI=1S/C13H18N2O3/c16-12-6-11(7-14-8-12)15-13(17)18-9-10-4-2-1-3-5-10/h1-5,11-12,14,16H,6-9H2,(H,15,17)/t11-,12+/m1/s1. The van der Waals surface area contributed by atoms with Crippen molar-refractivity contribution in [3.63, 3.8) is 0 Å². The van der Waals surface area contributed by atoms with Gasteiger partial charge in [-0.1, -0.05) is 30.3 Å². The van der Waals surface area contributed by atoms with Gasteiger partial charge in [-0.25, -0.2) is 4.79 Å². The van der Waals surface area contributed by atoms with Crippen molar-refractivity contribution in [3.8, 4) is 0 Å². The van der Waals surface area contributed by atoms with E-state index in [9.17, 15) is 9.90 Å². The minimum absolute atomic E-state index is 0.0722. The van der Waals surface area contributed by atoms with E-state index in [2.05, 4.69) is 10.6 Å². The molecule has 0 unspecified atom stereocenters. The van der Waals surface area contributed by atoms with Gasteiger partial charge in [0.15, 0.2) is 0 Å². The summed E-state index contributed by atoms with van der Waals surface area (Å²) in [4.78, 5) is 11.5. The Morgan fingerprint density at radius 2 is 2.17 bits per heavy atom. The zero-order valence-corrected chi connectivity index (χ0v) is 10.1. The van der Waals surface area contributed by atoms with Gasteiger partial charge in [0.05, 0.1) is 6.10 Å². The van der Waals surface area contributed by atoms with Gasteiger partial charge in [-0.15, -0.1) is 0 Å². The molecule has 1 fully saturated rings. The van der Waals surface area contributed by atoms with E-state index in [0.717, 1.165) is 5.56 Å². The largest absolute Gasteiger partial charge is 0.445 e. The van der Waals surface area contributed by atoms with Gasteiger partial charge in [0.2, 0.25) is 0 Å². The highest BCUT2D eigenvalue weighted by Crippen LogP contribution is 2.04. The van der Waals surface area contributed by atoms with Crippen LogP contribution in [0.15, 0.2) is 30.3 Å². The lowest BCUT2D eigenvalue weighted by molar-refractivity contribution is 0.108. The van der Waals surface area contributed by atoms with Crippen LogP contribution in [0.5, 0.6) is 0 Å². The Morgan fingerprint density at radius 1 is 1.39 bits per heavy atom. The number of hydrogen-bond acceptors (Lipinski definition) is 4. The van der Waals surface area contributed by atoms with Crippen LogP contribution in [-0.2, 0) is 11.3 Å². The van der Waals surface area contributed by atoms with E-state index in [1.807, 2.05) is 30.3 Å². The molecule has 5 nitrogen and oxygen atoms in total. The van der Waals surface area contributed by atoms with E-state index in [0.29, 0.717) is 19.5 Å². The highest BCUT2D eigenvalue weighted by molar-refractivity contribution is 5.67. The first-order chi connectivity index (χ1) is 8.74. The second kappa shape index (κ2) is 6.37. The molecule has 1 aromatic carbocycles. The molecule has 1 aliphatic rings. The van der Waals surface area contributed by atoms with E-state index in [1.165, 1.54) is 0 Å². The molecule has 0 bridgehead atoms. The Kier molecular flexibility index (Phi) is 4.55. The third-order valence-electron chi connectivity index (χ3n) is 2.86. The Hall–Kier alpha value is -1.59. The molecule has 0 saturated carbocycles. The highest BCUT2D eigenvalue weighted by atomic mass is 16.5. The molecule has 0 spiro atoms. The van der Waals surface area contributed by atoms with Crippen molar-refractivity contribution in [2.45, 2.75) is 25.2 Å². The number of aliphatic hydroxyl groups is 1. The predicted octanol–water partition coefficient (Wildman–Crippen LogP) is 0.636. The number of nitrogens with one attached hydrogen (secondary N) is 2. The summed E-state index contributed by atoms with van der Waals surface area (Å²) in [6.45, 7) is 1.50. The number of rotatable bonds is 3. The molecule has 2 rings (SSSR count). The third kappa shape index (κ3) is 4.01. The van der Waals surface area contributed by atoms with Gasteiger partial charge in [-0.3, -0.25) is 0 Å². The molecular weight excluding hydrogens is 232 g/mol. The molecule has 18 heavy (non-hydrogen) atoms. The molecule has 1 saturated heterocycles. The number of carbonyl (C=O) groups is 1. The lowest BCUT2D eigenvalue weighted by Gasteiger charge is -2.27. The number of amides is 1. The van der Waals surface area contributed by atoms with Crippen molar-refractivity contribution in [3.05, 3.63) is 35.9 Å². The first-order valence-corrected chi connectivity index (χ1v) is 6.10. The van der Waals surface area contributed by atoms with Crippen molar-refractivity contribution in [2.24, 2.45) is 0 Å². The first kappa shape index (κ1) is 12.9. The fraction of sp³-hybridized carbons (Fsp3) is 0.462. The third-order valence-corrected chi connectivity index (χ3v) is 2.86. The van der Waals surface area contributed by atoms with Crippen LogP contribution in [0, 0.1) is 0 Å². The predicted molar refractivity (Wildman–Crippen MR) is 67.0 cm³/mol. The van der Waals surface area contributed by atoms with Crippen LogP contribution < -0.4 is 10.6 Å². The maximum Gasteiger partial charge on any atom is 0.407 e. The van der Waals surface area contributed by atoms with Gasteiger partial charge in [-0.2, -0.15) is 0 Å². The molecule has 0 aromatic heterocycles. The smallest absolute Gasteiger partial charge is 0.407 e. The zero-order valence-electron chi connectivity index (χ0n) is 10.1. The molecule has 0 aliphatic carbocycles. The highest BCUT2D eigenvalue weighted by Gasteiger charge is 2.21. The Morgan fingerprint density at radius 3 is 2.89 bits per heavy atom. The number of aliphatic hydroxyl groups excluding tert-OH is 1. The molecule has 5 heteroatoms. The van der Waals surface area contributed by atoms with Gasteiger partial charge in [0.25, 0.3) is 0 Å². The summed E-state index contributed by atoms with van der Waals surface area (Å²) >= 11 is 0. The quantitative estimate of drug-likeness (QED) is 0.736. The number of ether oxygens (including phenoxy) is 1. The van der Waals surface area contributed by atoms with Crippen LogP contribution in [0.3, 0.4) is 0 Å². The lowest BCUT2D eigenvalue weighted by Crippen LogP contribution is -2.50. The minimum Gasteiger partial charge on any atom is -0.445 e. The summed E-state index contributed by atoms with van der Waals surface area (Å²) in [5.74, 6) is 0. The Labute approximate surface area is 106 Å². The summed E-state index contributed by atoms with van der Waals surface area (Å²) in [6, 6.07) is 9.45. The SMILES string of the molecule is O=C(N[C@H]1CNC[C@@H](O)C1)OCc1ccccc1.